The van der Waals surface area contributed by atoms with Crippen LogP contribution in [0.15, 0.2) is 17.3 Å². The van der Waals surface area contributed by atoms with Crippen molar-refractivity contribution in [3.05, 3.63) is 22.6 Å². The van der Waals surface area contributed by atoms with Crippen molar-refractivity contribution in [1.29, 1.82) is 5.26 Å². The molecule has 0 saturated carbocycles. The highest BCUT2D eigenvalue weighted by molar-refractivity contribution is 5.05. The number of allylic oxidation sites excluding steroid dienone is 1. The van der Waals surface area contributed by atoms with Crippen molar-refractivity contribution >= 4 is 0 Å². The molecule has 0 aliphatic heterocycles. The molecule has 4 heteroatoms. The summed E-state index contributed by atoms with van der Waals surface area (Å²) < 4.78 is 0. The number of nitrogens with zero attached hydrogens (tertiary/aromatic N) is 4. The molecule has 0 saturated heterocycles. The normalized spacial score (nSPS) is 12.0. The van der Waals surface area contributed by atoms with Gasteiger partial charge in [-0.15, -0.1) is 0 Å². The second kappa shape index (κ2) is 4.69. The molecule has 0 fully saturated rings. The molecular weight excluding hydrogens is 116 g/mol. The van der Waals surface area contributed by atoms with Crippen LogP contribution in [0.25, 0.3) is 10.4 Å². The molecule has 0 aliphatic carbocycles. The summed E-state index contributed by atoms with van der Waals surface area (Å²) in [5, 5.41) is 11.3. The predicted octanol–water partition coefficient (Wildman–Crippen LogP) is 1.76. The number of nitriles is 1. The summed E-state index contributed by atoms with van der Waals surface area (Å²) in [4.78, 5) is 2.55. The van der Waals surface area contributed by atoms with Gasteiger partial charge in [-0.3, -0.25) is 0 Å². The lowest BCUT2D eigenvalue weighted by molar-refractivity contribution is 0.911. The molecule has 1 atom stereocenters. The lowest BCUT2D eigenvalue weighted by Gasteiger charge is -1.87. The molecule has 0 N–H and O–H groups in total. The highest BCUT2D eigenvalue weighted by atomic mass is 15.1. The van der Waals surface area contributed by atoms with E-state index in [0.717, 1.165) is 0 Å². The van der Waals surface area contributed by atoms with E-state index in [1.165, 1.54) is 12.2 Å². The fraction of sp³-hybridized carbons (Fsp3) is 0.400. The van der Waals surface area contributed by atoms with Crippen LogP contribution < -0.4 is 0 Å². The van der Waals surface area contributed by atoms with E-state index in [-0.39, 0.29) is 6.04 Å². The molecular formula is C5H6N4. The molecule has 0 aromatic carbocycles. The minimum Gasteiger partial charge on any atom is -0.193 e. The number of azide groups is 1. The van der Waals surface area contributed by atoms with Crippen molar-refractivity contribution in [2.75, 3.05) is 0 Å². The van der Waals surface area contributed by atoms with Crippen LogP contribution in [0.3, 0.4) is 0 Å². The van der Waals surface area contributed by atoms with Crippen molar-refractivity contribution < 1.29 is 0 Å². The Labute approximate surface area is 53.0 Å². The lowest BCUT2D eigenvalue weighted by atomic mass is 10.3. The minimum absolute atomic E-state index is 0.227. The van der Waals surface area contributed by atoms with Gasteiger partial charge in [-0.2, -0.15) is 5.26 Å². The Balaban J connectivity index is 3.79. The van der Waals surface area contributed by atoms with Gasteiger partial charge in [0.2, 0.25) is 0 Å². The van der Waals surface area contributed by atoms with Crippen LogP contribution in [-0.4, -0.2) is 6.04 Å². The van der Waals surface area contributed by atoms with E-state index in [1.54, 1.807) is 13.0 Å². The molecule has 0 spiro atoms. The Morgan fingerprint density at radius 1 is 1.89 bits per heavy atom. The summed E-state index contributed by atoms with van der Waals surface area (Å²) in [6.45, 7) is 1.70. The first-order valence-corrected chi connectivity index (χ1v) is 2.41. The second-order valence-corrected chi connectivity index (χ2v) is 1.43. The SMILES string of the molecule is C[C@@H](/C=C\C#N)N=[N+]=[N-]. The molecule has 0 heterocycles. The van der Waals surface area contributed by atoms with E-state index < -0.39 is 0 Å². The predicted molar refractivity (Wildman–Crippen MR) is 33.4 cm³/mol. The van der Waals surface area contributed by atoms with E-state index >= 15 is 0 Å². The average molecular weight is 122 g/mol. The van der Waals surface area contributed by atoms with E-state index in [9.17, 15) is 0 Å². The van der Waals surface area contributed by atoms with Gasteiger partial charge in [0, 0.05) is 11.0 Å². The van der Waals surface area contributed by atoms with Gasteiger partial charge in [-0.05, 0) is 5.53 Å². The Morgan fingerprint density at radius 2 is 2.56 bits per heavy atom. The number of hydrogen-bond donors (Lipinski definition) is 0. The summed E-state index contributed by atoms with van der Waals surface area (Å²) in [5.41, 5.74) is 7.88. The van der Waals surface area contributed by atoms with Crippen LogP contribution >= 0.6 is 0 Å². The maximum Gasteiger partial charge on any atom is 0.0908 e. The van der Waals surface area contributed by atoms with Crippen molar-refractivity contribution in [2.45, 2.75) is 13.0 Å². The summed E-state index contributed by atoms with van der Waals surface area (Å²) in [5.74, 6) is 0. The van der Waals surface area contributed by atoms with E-state index in [2.05, 4.69) is 10.0 Å². The average Bonchev–Trinajstić information content (AvgIpc) is 1.85. The smallest absolute Gasteiger partial charge is 0.0908 e. The topological polar surface area (TPSA) is 72.5 Å². The molecule has 0 radical (unpaired) electrons. The highest BCUT2D eigenvalue weighted by Gasteiger charge is 1.86. The third-order valence-corrected chi connectivity index (χ3v) is 0.683. The van der Waals surface area contributed by atoms with Crippen LogP contribution in [0.1, 0.15) is 6.92 Å². The first kappa shape index (κ1) is 7.54. The van der Waals surface area contributed by atoms with Gasteiger partial charge >= 0.3 is 0 Å². The Morgan fingerprint density at radius 3 is 3.00 bits per heavy atom. The van der Waals surface area contributed by atoms with E-state index in [0.29, 0.717) is 0 Å². The molecule has 0 bridgehead atoms. The van der Waals surface area contributed by atoms with E-state index in [4.69, 9.17) is 10.8 Å². The molecule has 9 heavy (non-hydrogen) atoms. The molecule has 0 amide bonds. The fourth-order valence-electron chi connectivity index (χ4n) is 0.302. The molecule has 4 nitrogen and oxygen atoms in total. The van der Waals surface area contributed by atoms with Gasteiger partial charge in [0.25, 0.3) is 0 Å². The first-order valence-electron chi connectivity index (χ1n) is 2.41. The fourth-order valence-corrected chi connectivity index (χ4v) is 0.302. The zero-order chi connectivity index (χ0) is 7.11. The summed E-state index contributed by atoms with van der Waals surface area (Å²) in [7, 11) is 0. The molecule has 0 aromatic heterocycles. The van der Waals surface area contributed by atoms with Gasteiger partial charge in [0.1, 0.15) is 0 Å². The Hall–Kier alpha value is -1.46. The number of rotatable bonds is 2. The van der Waals surface area contributed by atoms with Crippen molar-refractivity contribution in [3.63, 3.8) is 0 Å². The Bertz CT molecular complexity index is 182. The molecule has 0 rings (SSSR count). The van der Waals surface area contributed by atoms with Gasteiger partial charge < -0.3 is 0 Å². The lowest BCUT2D eigenvalue weighted by Crippen LogP contribution is -1.86. The first-order chi connectivity index (χ1) is 4.31. The van der Waals surface area contributed by atoms with Gasteiger partial charge in [0.05, 0.1) is 12.1 Å². The molecule has 0 aliphatic rings. The van der Waals surface area contributed by atoms with Crippen LogP contribution in [0.5, 0.6) is 0 Å². The largest absolute Gasteiger partial charge is 0.193 e. The van der Waals surface area contributed by atoms with Gasteiger partial charge in [0.15, 0.2) is 0 Å². The van der Waals surface area contributed by atoms with Gasteiger partial charge in [-0.25, -0.2) is 0 Å². The maximum atomic E-state index is 8.01. The Kier molecular flexibility index (Phi) is 3.93. The van der Waals surface area contributed by atoms with Crippen LogP contribution in [-0.2, 0) is 0 Å². The van der Waals surface area contributed by atoms with Crippen LogP contribution in [0.2, 0.25) is 0 Å². The summed E-state index contributed by atoms with van der Waals surface area (Å²) in [6.07, 6.45) is 2.82. The second-order valence-electron chi connectivity index (χ2n) is 1.43. The monoisotopic (exact) mass is 122 g/mol. The zero-order valence-electron chi connectivity index (χ0n) is 5.02. The van der Waals surface area contributed by atoms with Gasteiger partial charge in [-0.1, -0.05) is 18.1 Å². The van der Waals surface area contributed by atoms with E-state index in [1.807, 2.05) is 0 Å². The third kappa shape index (κ3) is 4.39. The quantitative estimate of drug-likeness (QED) is 0.238. The minimum atomic E-state index is -0.227. The molecule has 0 aromatic rings. The molecule has 46 valence electrons. The zero-order valence-corrected chi connectivity index (χ0v) is 5.02. The highest BCUT2D eigenvalue weighted by Crippen LogP contribution is 1.90. The number of hydrogen-bond acceptors (Lipinski definition) is 2. The van der Waals surface area contributed by atoms with Crippen molar-refractivity contribution in [2.24, 2.45) is 5.11 Å². The standard InChI is InChI=1S/C5H6N4/c1-5(8-9-7)3-2-4-6/h2-3,5H,1H3/b3-2-/t5-/m0/s1. The summed E-state index contributed by atoms with van der Waals surface area (Å²) in [6, 6.07) is 1.57. The maximum absolute atomic E-state index is 8.01. The third-order valence-electron chi connectivity index (χ3n) is 0.683. The van der Waals surface area contributed by atoms with Crippen LogP contribution in [0, 0.1) is 11.3 Å². The van der Waals surface area contributed by atoms with Crippen molar-refractivity contribution in [3.8, 4) is 6.07 Å². The van der Waals surface area contributed by atoms with Crippen molar-refractivity contribution in [1.82, 2.24) is 0 Å². The summed E-state index contributed by atoms with van der Waals surface area (Å²) >= 11 is 0. The van der Waals surface area contributed by atoms with Crippen LogP contribution in [0.4, 0.5) is 0 Å². The molecule has 0 unspecified atom stereocenters.